The van der Waals surface area contributed by atoms with Crippen LogP contribution in [-0.4, -0.2) is 99.9 Å². The van der Waals surface area contributed by atoms with Gasteiger partial charge in [-0.3, -0.25) is 34.6 Å². The van der Waals surface area contributed by atoms with Gasteiger partial charge in [-0.1, -0.05) is 11.3 Å². The van der Waals surface area contributed by atoms with Gasteiger partial charge in [0.1, 0.15) is 15.2 Å². The van der Waals surface area contributed by atoms with Crippen molar-refractivity contribution in [2.24, 2.45) is 5.41 Å². The molecule has 6 heterocycles. The summed E-state index contributed by atoms with van der Waals surface area (Å²) in [6.07, 6.45) is 4.86. The van der Waals surface area contributed by atoms with Crippen molar-refractivity contribution in [2.75, 3.05) is 44.6 Å². The Labute approximate surface area is 244 Å². The third-order valence-corrected chi connectivity index (χ3v) is 9.93. The van der Waals surface area contributed by atoms with Gasteiger partial charge in [-0.2, -0.15) is 0 Å². The van der Waals surface area contributed by atoms with Crippen molar-refractivity contribution in [2.45, 2.75) is 71.4 Å². The molecule has 1 spiro atoms. The number of aromatic nitrogens is 1. The van der Waals surface area contributed by atoms with Crippen LogP contribution in [0.25, 0.3) is 10.2 Å². The van der Waals surface area contributed by atoms with Crippen LogP contribution in [0.4, 0.5) is 9.80 Å². The molecular formula is C29H39N7O4S. The van der Waals surface area contributed by atoms with E-state index in [1.165, 1.54) is 11.3 Å². The molecule has 11 nitrogen and oxygen atoms in total. The number of nitrogens with one attached hydrogen (secondary N) is 2. The summed E-state index contributed by atoms with van der Waals surface area (Å²) < 4.78 is 0. The van der Waals surface area contributed by atoms with Gasteiger partial charge in [-0.05, 0) is 78.0 Å². The maximum atomic E-state index is 13.9. The number of hydrogen-bond donors (Lipinski definition) is 2. The second-order valence-electron chi connectivity index (χ2n) is 12.1. The van der Waals surface area contributed by atoms with Gasteiger partial charge in [0.25, 0.3) is 17.7 Å². The summed E-state index contributed by atoms with van der Waals surface area (Å²) >= 11 is 1.32. The highest BCUT2D eigenvalue weighted by Gasteiger charge is 2.60. The number of amides is 5. The zero-order chi connectivity index (χ0) is 28.9. The molecule has 0 aliphatic carbocycles. The lowest BCUT2D eigenvalue weighted by Gasteiger charge is -2.44. The van der Waals surface area contributed by atoms with Crippen molar-refractivity contribution in [3.05, 3.63) is 23.4 Å². The van der Waals surface area contributed by atoms with Crippen molar-refractivity contribution < 1.29 is 19.2 Å². The second kappa shape index (κ2) is 10.9. The normalized spacial score (nSPS) is 21.7. The van der Waals surface area contributed by atoms with E-state index in [9.17, 15) is 19.2 Å². The maximum Gasteiger partial charge on any atom is 0.320 e. The Bertz CT molecular complexity index is 1360. The summed E-state index contributed by atoms with van der Waals surface area (Å²) in [4.78, 5) is 62.9. The summed E-state index contributed by atoms with van der Waals surface area (Å²) in [7, 11) is 0. The molecule has 220 valence electrons. The highest BCUT2D eigenvalue weighted by molar-refractivity contribution is 7.23. The Kier molecular flexibility index (Phi) is 7.39. The highest BCUT2D eigenvalue weighted by Crippen LogP contribution is 2.42. The number of hydrazine groups is 1. The number of rotatable bonds is 4. The first-order chi connectivity index (χ1) is 19.7. The van der Waals surface area contributed by atoms with Gasteiger partial charge < -0.3 is 10.2 Å². The summed E-state index contributed by atoms with van der Waals surface area (Å²) in [5.41, 5.74) is 0.385. The Morgan fingerprint density at radius 2 is 1.68 bits per heavy atom. The molecule has 4 saturated heterocycles. The molecule has 2 N–H and O–H groups in total. The van der Waals surface area contributed by atoms with E-state index < -0.39 is 5.41 Å². The molecule has 2 aromatic rings. The Balaban J connectivity index is 1.16. The molecule has 0 radical (unpaired) electrons. The van der Waals surface area contributed by atoms with Crippen LogP contribution in [0.15, 0.2) is 12.1 Å². The molecule has 0 unspecified atom stereocenters. The smallest absolute Gasteiger partial charge is 0.320 e. The van der Waals surface area contributed by atoms with Gasteiger partial charge >= 0.3 is 6.03 Å². The maximum absolute atomic E-state index is 13.9. The topological polar surface area (TPSA) is 118 Å². The van der Waals surface area contributed by atoms with E-state index in [4.69, 9.17) is 0 Å². The summed E-state index contributed by atoms with van der Waals surface area (Å²) in [6.45, 7) is 9.42. The Morgan fingerprint density at radius 3 is 2.34 bits per heavy atom. The fraction of sp³-hybridized carbons (Fsp3) is 0.621. The zero-order valence-electron chi connectivity index (χ0n) is 24.1. The van der Waals surface area contributed by atoms with Gasteiger partial charge in [-0.15, -0.1) is 0 Å². The molecule has 4 aliphatic heterocycles. The van der Waals surface area contributed by atoms with Crippen LogP contribution in [0, 0.1) is 12.3 Å². The largest absolute Gasteiger partial charge is 0.338 e. The number of aryl methyl sites for hydroxylation is 1. The predicted octanol–water partition coefficient (Wildman–Crippen LogP) is 3.20. The van der Waals surface area contributed by atoms with Gasteiger partial charge in [0.2, 0.25) is 0 Å². The summed E-state index contributed by atoms with van der Waals surface area (Å²) in [5.74, 6) is -0.149. The SMILES string of the molecule is Cc1ccc2c(C(=O)N3CCC(N4CCCC5(C4)C(=O)N4CCCCN4C5=O)CC3)c(NC(=O)NC(C)C)sc2n1. The molecule has 12 heteroatoms. The number of carbonyl (C=O) groups is 4. The Morgan fingerprint density at radius 1 is 1.00 bits per heavy atom. The average molecular weight is 582 g/mol. The lowest BCUT2D eigenvalue weighted by molar-refractivity contribution is -0.150. The summed E-state index contributed by atoms with van der Waals surface area (Å²) in [5, 5.41) is 10.4. The zero-order valence-corrected chi connectivity index (χ0v) is 24.9. The molecule has 2 aromatic heterocycles. The number of likely N-dealkylation sites (tertiary alicyclic amines) is 2. The molecule has 0 bridgehead atoms. The average Bonchev–Trinajstić information content (AvgIpc) is 3.40. The Hall–Kier alpha value is -3.25. The van der Waals surface area contributed by atoms with Crippen molar-refractivity contribution in [3.8, 4) is 0 Å². The first kappa shape index (κ1) is 27.9. The minimum Gasteiger partial charge on any atom is -0.338 e. The van der Waals surface area contributed by atoms with E-state index in [-0.39, 0.29) is 35.8 Å². The number of urea groups is 1. The quantitative estimate of drug-likeness (QED) is 0.536. The molecule has 4 fully saturated rings. The van der Waals surface area contributed by atoms with Crippen LogP contribution >= 0.6 is 11.3 Å². The number of pyridine rings is 1. The predicted molar refractivity (Wildman–Crippen MR) is 156 cm³/mol. The third kappa shape index (κ3) is 4.94. The lowest BCUT2D eigenvalue weighted by Crippen LogP contribution is -2.56. The van der Waals surface area contributed by atoms with E-state index in [2.05, 4.69) is 20.5 Å². The fourth-order valence-electron chi connectivity index (χ4n) is 6.89. The number of thiophene rings is 1. The third-order valence-electron chi connectivity index (χ3n) is 8.91. The molecule has 41 heavy (non-hydrogen) atoms. The number of piperidine rings is 2. The van der Waals surface area contributed by atoms with Crippen LogP contribution in [-0.2, 0) is 9.59 Å². The van der Waals surface area contributed by atoms with Crippen molar-refractivity contribution in [1.29, 1.82) is 0 Å². The van der Waals surface area contributed by atoms with E-state index >= 15 is 0 Å². The molecule has 0 atom stereocenters. The molecule has 5 amide bonds. The van der Waals surface area contributed by atoms with Crippen LogP contribution in [0.5, 0.6) is 0 Å². The van der Waals surface area contributed by atoms with Crippen molar-refractivity contribution in [3.63, 3.8) is 0 Å². The van der Waals surface area contributed by atoms with E-state index in [0.29, 0.717) is 49.7 Å². The minimum absolute atomic E-state index is 0.0192. The monoisotopic (exact) mass is 581 g/mol. The first-order valence-electron chi connectivity index (χ1n) is 14.8. The van der Waals surface area contributed by atoms with E-state index in [0.717, 1.165) is 54.6 Å². The summed E-state index contributed by atoms with van der Waals surface area (Å²) in [6, 6.07) is 3.62. The van der Waals surface area contributed by atoms with Gasteiger partial charge in [-0.25, -0.2) is 9.78 Å². The minimum atomic E-state index is -0.951. The van der Waals surface area contributed by atoms with Crippen LogP contribution in [0.2, 0.25) is 0 Å². The molecular weight excluding hydrogens is 542 g/mol. The van der Waals surface area contributed by atoms with Crippen LogP contribution < -0.4 is 10.6 Å². The van der Waals surface area contributed by atoms with Gasteiger partial charge in [0.15, 0.2) is 0 Å². The van der Waals surface area contributed by atoms with Crippen LogP contribution in [0.1, 0.15) is 68.4 Å². The van der Waals surface area contributed by atoms with Crippen molar-refractivity contribution in [1.82, 2.24) is 30.1 Å². The lowest BCUT2D eigenvalue weighted by atomic mass is 9.78. The number of anilines is 1. The number of carbonyl (C=O) groups excluding carboxylic acids is 4. The van der Waals surface area contributed by atoms with Gasteiger partial charge in [0.05, 0.1) is 5.56 Å². The number of hydrogen-bond acceptors (Lipinski definition) is 7. The molecule has 0 saturated carbocycles. The first-order valence-corrected chi connectivity index (χ1v) is 15.6. The van der Waals surface area contributed by atoms with Gasteiger partial charge in [0, 0.05) is 55.9 Å². The fourth-order valence-corrected chi connectivity index (χ4v) is 7.99. The molecule has 4 aliphatic rings. The van der Waals surface area contributed by atoms with Crippen LogP contribution in [0.3, 0.4) is 0 Å². The van der Waals surface area contributed by atoms with E-state index in [1.807, 2.05) is 37.8 Å². The standard InChI is InChI=1S/C29H39N7O4S/c1-18(2)30-28(40)32-24-22(21-8-7-19(3)31-23(21)41-24)25(37)33-15-9-20(10-16-33)34-12-6-11-29(17-34)26(38)35-13-4-5-14-36(35)27(29)39/h7-8,18,20H,4-6,9-17H2,1-3H3,(H2,30,32,40). The molecule has 6 rings (SSSR count). The number of nitrogens with zero attached hydrogens (tertiary/aromatic N) is 5. The van der Waals surface area contributed by atoms with E-state index in [1.54, 1.807) is 10.0 Å². The highest BCUT2D eigenvalue weighted by atomic mass is 32.1. The van der Waals surface area contributed by atoms with Crippen molar-refractivity contribution >= 4 is 50.3 Å². The number of fused-ring (bicyclic) bond motifs is 2. The second-order valence-corrected chi connectivity index (χ2v) is 13.1. The molecule has 0 aromatic carbocycles.